The average Bonchev–Trinajstić information content (AvgIpc) is 2.54. The van der Waals surface area contributed by atoms with Gasteiger partial charge in [0.05, 0.1) is 6.61 Å². The number of ether oxygens (including phenoxy) is 1. The van der Waals surface area contributed by atoms with Crippen molar-refractivity contribution < 1.29 is 19.7 Å². The summed E-state index contributed by atoms with van der Waals surface area (Å²) in [6.07, 6.45) is 1.88. The van der Waals surface area contributed by atoms with E-state index in [9.17, 15) is 15.0 Å². The molecular weight excluding hydrogens is 318 g/mol. The van der Waals surface area contributed by atoms with Gasteiger partial charge in [0.2, 0.25) is 0 Å². The topological polar surface area (TPSA) is 70.0 Å². The molecule has 0 aliphatic heterocycles. The molecule has 0 heterocycles. The minimum absolute atomic E-state index is 0.184. The highest BCUT2D eigenvalue weighted by Crippen LogP contribution is 2.26. The van der Waals surface area contributed by atoms with Crippen molar-refractivity contribution in [2.24, 2.45) is 0 Å². The second-order valence-corrected chi connectivity index (χ2v) is 6.16. The lowest BCUT2D eigenvalue weighted by molar-refractivity contribution is 0.0692. The Morgan fingerprint density at radius 3 is 2.60 bits per heavy atom. The van der Waals surface area contributed by atoms with Crippen LogP contribution in [0, 0.1) is 6.92 Å². The number of carbonyl (C=O) groups is 1. The molecule has 0 aromatic heterocycles. The highest BCUT2D eigenvalue weighted by Gasteiger charge is 2.13. The molecule has 0 radical (unpaired) electrons. The van der Waals surface area contributed by atoms with Crippen LogP contribution in [0.4, 0.5) is 5.69 Å². The standard InChI is InChI=1S/C20H25NO4/c1-4-5-10-25-19-12-15(6-8-17(19)20(23)24)13-21(3)18-9-7-16(22)11-14(18)2/h6-9,11-12,22H,4-5,10,13H2,1-3H3,(H,23,24). The van der Waals surface area contributed by atoms with Gasteiger partial charge < -0.3 is 19.8 Å². The third-order valence-corrected chi connectivity index (χ3v) is 4.04. The summed E-state index contributed by atoms with van der Waals surface area (Å²) in [4.78, 5) is 13.4. The number of rotatable bonds is 8. The van der Waals surface area contributed by atoms with Gasteiger partial charge >= 0.3 is 5.97 Å². The zero-order valence-corrected chi connectivity index (χ0v) is 15.0. The van der Waals surface area contributed by atoms with Gasteiger partial charge in [0.25, 0.3) is 0 Å². The molecular formula is C20H25NO4. The Morgan fingerprint density at radius 2 is 1.96 bits per heavy atom. The Hall–Kier alpha value is -2.69. The lowest BCUT2D eigenvalue weighted by Crippen LogP contribution is -2.17. The van der Waals surface area contributed by atoms with Crippen molar-refractivity contribution in [3.63, 3.8) is 0 Å². The predicted molar refractivity (Wildman–Crippen MR) is 98.8 cm³/mol. The van der Waals surface area contributed by atoms with Crippen LogP contribution in [0.15, 0.2) is 36.4 Å². The highest BCUT2D eigenvalue weighted by molar-refractivity contribution is 5.91. The van der Waals surface area contributed by atoms with Gasteiger partial charge in [0.15, 0.2) is 0 Å². The van der Waals surface area contributed by atoms with Crippen LogP contribution in [0.1, 0.15) is 41.3 Å². The molecule has 2 N–H and O–H groups in total. The van der Waals surface area contributed by atoms with E-state index < -0.39 is 5.97 Å². The number of carboxylic acid groups (broad SMARTS) is 1. The molecule has 0 aliphatic rings. The van der Waals surface area contributed by atoms with Gasteiger partial charge in [-0.05, 0) is 54.8 Å². The Kier molecular flexibility index (Phi) is 6.28. The van der Waals surface area contributed by atoms with Crippen molar-refractivity contribution in [3.8, 4) is 11.5 Å². The molecule has 2 aromatic rings. The number of carboxylic acids is 1. The van der Waals surface area contributed by atoms with E-state index in [4.69, 9.17) is 4.74 Å². The van der Waals surface area contributed by atoms with Crippen LogP contribution in [-0.4, -0.2) is 29.8 Å². The molecule has 25 heavy (non-hydrogen) atoms. The van der Waals surface area contributed by atoms with E-state index in [-0.39, 0.29) is 11.3 Å². The van der Waals surface area contributed by atoms with Crippen molar-refractivity contribution in [2.75, 3.05) is 18.6 Å². The molecule has 0 fully saturated rings. The van der Waals surface area contributed by atoms with Gasteiger partial charge in [0, 0.05) is 19.3 Å². The third-order valence-electron chi connectivity index (χ3n) is 4.04. The van der Waals surface area contributed by atoms with E-state index in [1.54, 1.807) is 24.3 Å². The fourth-order valence-corrected chi connectivity index (χ4v) is 2.71. The average molecular weight is 343 g/mol. The molecule has 0 amide bonds. The molecule has 0 saturated carbocycles. The highest BCUT2D eigenvalue weighted by atomic mass is 16.5. The first-order chi connectivity index (χ1) is 11.9. The number of phenolic OH excluding ortho intramolecular Hbond substituents is 1. The zero-order valence-electron chi connectivity index (χ0n) is 15.0. The van der Waals surface area contributed by atoms with Gasteiger partial charge in [-0.1, -0.05) is 19.4 Å². The number of unbranched alkanes of at least 4 members (excludes halogenated alkanes) is 1. The van der Waals surface area contributed by atoms with Crippen molar-refractivity contribution >= 4 is 11.7 Å². The van der Waals surface area contributed by atoms with E-state index in [1.165, 1.54) is 0 Å². The van der Waals surface area contributed by atoms with Crippen molar-refractivity contribution in [1.29, 1.82) is 0 Å². The third kappa shape index (κ3) is 4.89. The van der Waals surface area contributed by atoms with E-state index in [0.29, 0.717) is 18.9 Å². The molecule has 134 valence electrons. The first-order valence-electron chi connectivity index (χ1n) is 8.42. The molecule has 0 saturated heterocycles. The summed E-state index contributed by atoms with van der Waals surface area (Å²) in [5.74, 6) is -0.331. The first kappa shape index (κ1) is 18.6. The molecule has 5 nitrogen and oxygen atoms in total. The number of benzene rings is 2. The number of anilines is 1. The second-order valence-electron chi connectivity index (χ2n) is 6.16. The second kappa shape index (κ2) is 8.42. The quantitative estimate of drug-likeness (QED) is 0.703. The maximum atomic E-state index is 11.4. The van der Waals surface area contributed by atoms with Crippen LogP contribution in [0.3, 0.4) is 0 Å². The predicted octanol–water partition coefficient (Wildman–Crippen LogP) is 4.21. The van der Waals surface area contributed by atoms with Crippen molar-refractivity contribution in [3.05, 3.63) is 53.1 Å². The SMILES string of the molecule is CCCCOc1cc(CN(C)c2ccc(O)cc2C)ccc1C(=O)O. The number of hydrogen-bond donors (Lipinski definition) is 2. The lowest BCUT2D eigenvalue weighted by atomic mass is 10.1. The van der Waals surface area contributed by atoms with Crippen molar-refractivity contribution in [2.45, 2.75) is 33.2 Å². The molecule has 0 bridgehead atoms. The number of nitrogens with zero attached hydrogens (tertiary/aromatic N) is 1. The Bertz CT molecular complexity index is 742. The van der Waals surface area contributed by atoms with Crippen LogP contribution >= 0.6 is 0 Å². The van der Waals surface area contributed by atoms with E-state index in [1.807, 2.05) is 26.1 Å². The van der Waals surface area contributed by atoms with E-state index in [2.05, 4.69) is 11.8 Å². The normalized spacial score (nSPS) is 10.5. The molecule has 0 atom stereocenters. The minimum atomic E-state index is -0.985. The number of phenols is 1. The number of hydrogen-bond acceptors (Lipinski definition) is 4. The van der Waals surface area contributed by atoms with Crippen LogP contribution in [0.5, 0.6) is 11.5 Å². The van der Waals surface area contributed by atoms with Gasteiger partial charge in [-0.2, -0.15) is 0 Å². The minimum Gasteiger partial charge on any atom is -0.508 e. The maximum Gasteiger partial charge on any atom is 0.339 e. The molecule has 2 aromatic carbocycles. The summed E-state index contributed by atoms with van der Waals surface area (Å²) in [6, 6.07) is 10.4. The summed E-state index contributed by atoms with van der Waals surface area (Å²) in [7, 11) is 1.96. The van der Waals surface area contributed by atoms with E-state index >= 15 is 0 Å². The Balaban J connectivity index is 2.20. The Labute approximate surface area is 148 Å². The van der Waals surface area contributed by atoms with Gasteiger partial charge in [-0.3, -0.25) is 0 Å². The molecule has 0 aliphatic carbocycles. The monoisotopic (exact) mass is 343 g/mol. The summed E-state index contributed by atoms with van der Waals surface area (Å²) < 4.78 is 5.67. The Morgan fingerprint density at radius 1 is 1.20 bits per heavy atom. The van der Waals surface area contributed by atoms with Crippen LogP contribution < -0.4 is 9.64 Å². The fraction of sp³-hybridized carbons (Fsp3) is 0.350. The number of aromatic hydroxyl groups is 1. The molecule has 0 spiro atoms. The number of aryl methyl sites for hydroxylation is 1. The smallest absolute Gasteiger partial charge is 0.339 e. The van der Waals surface area contributed by atoms with Gasteiger partial charge in [0.1, 0.15) is 17.1 Å². The first-order valence-corrected chi connectivity index (χ1v) is 8.42. The number of aromatic carboxylic acids is 1. The summed E-state index contributed by atoms with van der Waals surface area (Å²) in [6.45, 7) is 5.12. The van der Waals surface area contributed by atoms with Crippen LogP contribution in [0.25, 0.3) is 0 Å². The van der Waals surface area contributed by atoms with Crippen LogP contribution in [-0.2, 0) is 6.54 Å². The van der Waals surface area contributed by atoms with Crippen LogP contribution in [0.2, 0.25) is 0 Å². The summed E-state index contributed by atoms with van der Waals surface area (Å²) in [5, 5.41) is 18.9. The van der Waals surface area contributed by atoms with Gasteiger partial charge in [-0.25, -0.2) is 4.79 Å². The van der Waals surface area contributed by atoms with Crippen molar-refractivity contribution in [1.82, 2.24) is 0 Å². The molecule has 5 heteroatoms. The van der Waals surface area contributed by atoms with Gasteiger partial charge in [-0.15, -0.1) is 0 Å². The maximum absolute atomic E-state index is 11.4. The summed E-state index contributed by atoms with van der Waals surface area (Å²) >= 11 is 0. The van der Waals surface area contributed by atoms with E-state index in [0.717, 1.165) is 29.7 Å². The molecule has 2 rings (SSSR count). The largest absolute Gasteiger partial charge is 0.508 e. The zero-order chi connectivity index (χ0) is 18.4. The lowest BCUT2D eigenvalue weighted by Gasteiger charge is -2.22. The summed E-state index contributed by atoms with van der Waals surface area (Å²) in [5.41, 5.74) is 3.13. The fourth-order valence-electron chi connectivity index (χ4n) is 2.71. The molecule has 0 unspecified atom stereocenters.